The number of pyridine rings is 1. The summed E-state index contributed by atoms with van der Waals surface area (Å²) < 4.78 is 0. The molecule has 2 aromatic rings. The fraction of sp³-hybridized carbons (Fsp3) is 0.231. The Bertz CT molecular complexity index is 534. The second kappa shape index (κ2) is 4.31. The summed E-state index contributed by atoms with van der Waals surface area (Å²) in [6.07, 6.45) is 4.69. The molecule has 0 bridgehead atoms. The molecule has 0 aliphatic carbocycles. The molecular weight excluding hydrogens is 200 g/mol. The largest absolute Gasteiger partial charge is 0.370 e. The molecule has 1 amide bonds. The van der Waals surface area contributed by atoms with Crippen molar-refractivity contribution in [3.05, 3.63) is 41.7 Å². The normalized spacial score (nSPS) is 10.6. The summed E-state index contributed by atoms with van der Waals surface area (Å²) in [7, 11) is 0. The average Bonchev–Trinajstić information content (AvgIpc) is 2.28. The molecule has 0 unspecified atom stereocenters. The van der Waals surface area contributed by atoms with Crippen LogP contribution in [0.3, 0.4) is 0 Å². The summed E-state index contributed by atoms with van der Waals surface area (Å²) in [5, 5.41) is 2.31. The summed E-state index contributed by atoms with van der Waals surface area (Å²) in [6, 6.07) is 6.11. The van der Waals surface area contributed by atoms with Crippen LogP contribution in [0.15, 0.2) is 30.6 Å². The molecule has 0 saturated heterocycles. The number of aryl methyl sites for hydroxylation is 2. The highest BCUT2D eigenvalue weighted by Gasteiger charge is 2.04. The third kappa shape index (κ3) is 2.03. The molecule has 2 rings (SSSR count). The van der Waals surface area contributed by atoms with Gasteiger partial charge >= 0.3 is 0 Å². The van der Waals surface area contributed by atoms with E-state index in [-0.39, 0.29) is 5.91 Å². The first-order valence-corrected chi connectivity index (χ1v) is 5.29. The van der Waals surface area contributed by atoms with Crippen LogP contribution in [0.5, 0.6) is 0 Å². The van der Waals surface area contributed by atoms with E-state index in [0.29, 0.717) is 12.8 Å². The molecule has 1 aromatic carbocycles. The molecule has 0 saturated carbocycles. The second-order valence-corrected chi connectivity index (χ2v) is 3.93. The van der Waals surface area contributed by atoms with Gasteiger partial charge in [0.25, 0.3) is 0 Å². The van der Waals surface area contributed by atoms with Gasteiger partial charge in [-0.25, -0.2) is 0 Å². The number of primary amides is 1. The maximum atomic E-state index is 10.8. The average molecular weight is 214 g/mol. The Balaban J connectivity index is 2.46. The van der Waals surface area contributed by atoms with Crippen LogP contribution in [0, 0.1) is 6.92 Å². The van der Waals surface area contributed by atoms with Crippen LogP contribution in [0.1, 0.15) is 17.5 Å². The number of rotatable bonds is 3. The molecule has 0 spiro atoms. The zero-order valence-corrected chi connectivity index (χ0v) is 9.23. The van der Waals surface area contributed by atoms with Gasteiger partial charge in [0.05, 0.1) is 0 Å². The van der Waals surface area contributed by atoms with Gasteiger partial charge in [0, 0.05) is 24.2 Å². The number of fused-ring (bicyclic) bond motifs is 1. The number of amides is 1. The molecule has 2 N–H and O–H groups in total. The fourth-order valence-electron chi connectivity index (χ4n) is 1.88. The maximum Gasteiger partial charge on any atom is 0.217 e. The van der Waals surface area contributed by atoms with E-state index in [1.54, 1.807) is 6.20 Å². The smallest absolute Gasteiger partial charge is 0.217 e. The van der Waals surface area contributed by atoms with E-state index in [4.69, 9.17) is 5.73 Å². The van der Waals surface area contributed by atoms with Crippen LogP contribution >= 0.6 is 0 Å². The van der Waals surface area contributed by atoms with Crippen molar-refractivity contribution in [3.8, 4) is 0 Å². The van der Waals surface area contributed by atoms with E-state index in [1.807, 2.05) is 18.3 Å². The van der Waals surface area contributed by atoms with Crippen molar-refractivity contribution in [1.29, 1.82) is 0 Å². The number of hydrogen-bond donors (Lipinski definition) is 1. The van der Waals surface area contributed by atoms with Crippen molar-refractivity contribution in [2.45, 2.75) is 19.8 Å². The van der Waals surface area contributed by atoms with Gasteiger partial charge in [-0.15, -0.1) is 0 Å². The number of nitrogens with two attached hydrogens (primary N) is 1. The molecule has 3 heteroatoms. The molecule has 0 aliphatic heterocycles. The summed E-state index contributed by atoms with van der Waals surface area (Å²) in [4.78, 5) is 14.9. The predicted molar refractivity (Wildman–Crippen MR) is 64.0 cm³/mol. The molecule has 3 nitrogen and oxygen atoms in total. The van der Waals surface area contributed by atoms with Gasteiger partial charge in [-0.3, -0.25) is 9.78 Å². The van der Waals surface area contributed by atoms with E-state index in [1.165, 1.54) is 10.9 Å². The van der Waals surface area contributed by atoms with E-state index in [9.17, 15) is 4.79 Å². The highest BCUT2D eigenvalue weighted by atomic mass is 16.1. The fourth-order valence-corrected chi connectivity index (χ4v) is 1.88. The first-order chi connectivity index (χ1) is 7.68. The first kappa shape index (κ1) is 10.6. The molecular formula is C13H14N2O. The Hall–Kier alpha value is -1.90. The minimum absolute atomic E-state index is 0.266. The summed E-state index contributed by atoms with van der Waals surface area (Å²) in [5.41, 5.74) is 7.51. The van der Waals surface area contributed by atoms with Crippen molar-refractivity contribution < 1.29 is 4.79 Å². The molecule has 82 valence electrons. The highest BCUT2D eigenvalue weighted by molar-refractivity contribution is 5.88. The van der Waals surface area contributed by atoms with Gasteiger partial charge in [-0.1, -0.05) is 12.1 Å². The lowest BCUT2D eigenvalue weighted by atomic mass is 9.99. The Kier molecular flexibility index (Phi) is 2.86. The number of carbonyl (C=O) groups is 1. The van der Waals surface area contributed by atoms with Crippen LogP contribution in [0.4, 0.5) is 0 Å². The third-order valence-corrected chi connectivity index (χ3v) is 2.77. The minimum Gasteiger partial charge on any atom is -0.370 e. The van der Waals surface area contributed by atoms with Crippen molar-refractivity contribution in [3.63, 3.8) is 0 Å². The number of aromatic nitrogens is 1. The maximum absolute atomic E-state index is 10.8. The lowest BCUT2D eigenvalue weighted by Gasteiger charge is -2.07. The summed E-state index contributed by atoms with van der Waals surface area (Å²) in [6.45, 7) is 2.07. The zero-order valence-electron chi connectivity index (χ0n) is 9.23. The third-order valence-electron chi connectivity index (χ3n) is 2.77. The Morgan fingerprint density at radius 3 is 2.88 bits per heavy atom. The SMILES string of the molecule is Cc1ccc(CCC(N)=O)c2cnccc12. The molecule has 16 heavy (non-hydrogen) atoms. The van der Waals surface area contributed by atoms with E-state index < -0.39 is 0 Å². The standard InChI is InChI=1S/C13H14N2O/c1-9-2-3-10(4-5-13(14)16)12-8-15-7-6-11(9)12/h2-3,6-8H,4-5H2,1H3,(H2,14,16). The van der Waals surface area contributed by atoms with Crippen LogP contribution in [0.2, 0.25) is 0 Å². The minimum atomic E-state index is -0.266. The van der Waals surface area contributed by atoms with Gasteiger partial charge in [0.1, 0.15) is 0 Å². The van der Waals surface area contributed by atoms with E-state index in [0.717, 1.165) is 10.9 Å². The lowest BCUT2D eigenvalue weighted by Crippen LogP contribution is -2.11. The van der Waals surface area contributed by atoms with Crippen LogP contribution in [-0.2, 0) is 11.2 Å². The number of hydrogen-bond acceptors (Lipinski definition) is 2. The van der Waals surface area contributed by atoms with E-state index >= 15 is 0 Å². The Morgan fingerprint density at radius 2 is 2.12 bits per heavy atom. The van der Waals surface area contributed by atoms with Gasteiger partial charge in [-0.2, -0.15) is 0 Å². The van der Waals surface area contributed by atoms with Gasteiger partial charge in [-0.05, 0) is 35.9 Å². The number of carbonyl (C=O) groups excluding carboxylic acids is 1. The van der Waals surface area contributed by atoms with Crippen LogP contribution in [-0.4, -0.2) is 10.9 Å². The monoisotopic (exact) mass is 214 g/mol. The van der Waals surface area contributed by atoms with Gasteiger partial charge in [0.2, 0.25) is 5.91 Å². The van der Waals surface area contributed by atoms with Crippen molar-refractivity contribution >= 4 is 16.7 Å². The first-order valence-electron chi connectivity index (χ1n) is 5.29. The quantitative estimate of drug-likeness (QED) is 0.849. The Morgan fingerprint density at radius 1 is 1.31 bits per heavy atom. The topological polar surface area (TPSA) is 56.0 Å². The molecule has 1 aromatic heterocycles. The van der Waals surface area contributed by atoms with Gasteiger partial charge < -0.3 is 5.73 Å². The highest BCUT2D eigenvalue weighted by Crippen LogP contribution is 2.22. The molecule has 1 heterocycles. The number of benzene rings is 1. The molecule has 0 radical (unpaired) electrons. The van der Waals surface area contributed by atoms with Crippen molar-refractivity contribution in [2.24, 2.45) is 5.73 Å². The molecule has 0 atom stereocenters. The van der Waals surface area contributed by atoms with Crippen LogP contribution < -0.4 is 5.73 Å². The predicted octanol–water partition coefficient (Wildman–Crippen LogP) is 1.96. The Labute approximate surface area is 94.3 Å². The molecule has 0 fully saturated rings. The number of nitrogens with zero attached hydrogens (tertiary/aromatic N) is 1. The van der Waals surface area contributed by atoms with Crippen LogP contribution in [0.25, 0.3) is 10.8 Å². The van der Waals surface area contributed by atoms with Crippen molar-refractivity contribution in [1.82, 2.24) is 4.98 Å². The van der Waals surface area contributed by atoms with E-state index in [2.05, 4.69) is 18.0 Å². The van der Waals surface area contributed by atoms with Crippen molar-refractivity contribution in [2.75, 3.05) is 0 Å². The zero-order chi connectivity index (χ0) is 11.5. The molecule has 0 aliphatic rings. The summed E-state index contributed by atoms with van der Waals surface area (Å²) >= 11 is 0. The lowest BCUT2D eigenvalue weighted by molar-refractivity contribution is -0.117. The van der Waals surface area contributed by atoms with Gasteiger partial charge in [0.15, 0.2) is 0 Å². The summed E-state index contributed by atoms with van der Waals surface area (Å²) in [5.74, 6) is -0.266. The second-order valence-electron chi connectivity index (χ2n) is 3.93.